The molecule has 0 bridgehead atoms. The van der Waals surface area contributed by atoms with Crippen molar-refractivity contribution in [3.05, 3.63) is 24.0 Å². The Hall–Kier alpha value is -1.09. The van der Waals surface area contributed by atoms with E-state index in [0.29, 0.717) is 6.04 Å². The van der Waals surface area contributed by atoms with Crippen molar-refractivity contribution in [3.63, 3.8) is 0 Å². The molecule has 1 aromatic rings. The highest BCUT2D eigenvalue weighted by atomic mass is 14.9. The number of nitrogens with two attached hydrogens (primary N) is 1. The summed E-state index contributed by atoms with van der Waals surface area (Å²) in [6, 6.07) is 2.26. The number of anilines is 1. The molecule has 1 aromatic heterocycles. The second kappa shape index (κ2) is 3.34. The van der Waals surface area contributed by atoms with Gasteiger partial charge in [-0.1, -0.05) is 0 Å². The molecule has 1 aliphatic carbocycles. The minimum atomic E-state index is 0.397. The lowest BCUT2D eigenvalue weighted by Crippen LogP contribution is -2.19. The van der Waals surface area contributed by atoms with Crippen LogP contribution in [0.4, 0.5) is 5.69 Å². The van der Waals surface area contributed by atoms with Crippen LogP contribution in [0.25, 0.3) is 0 Å². The molecular weight excluding hydrogens is 162 g/mol. The van der Waals surface area contributed by atoms with Crippen LogP contribution in [0.15, 0.2) is 18.5 Å². The lowest BCUT2D eigenvalue weighted by Gasteiger charge is -2.16. The molecule has 3 heteroatoms. The molecule has 0 radical (unpaired) electrons. The zero-order valence-corrected chi connectivity index (χ0v) is 7.83. The average Bonchev–Trinajstić information content (AvgIpc) is 2.93. The van der Waals surface area contributed by atoms with Crippen LogP contribution in [-0.2, 0) is 0 Å². The maximum atomic E-state index is 5.88. The molecule has 70 valence electrons. The van der Waals surface area contributed by atoms with Gasteiger partial charge in [-0.25, -0.2) is 0 Å². The summed E-state index contributed by atoms with van der Waals surface area (Å²) in [5.41, 5.74) is 7.88. The Morgan fingerprint density at radius 1 is 1.62 bits per heavy atom. The van der Waals surface area contributed by atoms with Crippen LogP contribution in [0, 0.1) is 5.92 Å². The number of pyridine rings is 1. The highest BCUT2D eigenvalue weighted by Crippen LogP contribution is 2.41. The summed E-state index contributed by atoms with van der Waals surface area (Å²) in [4.78, 5) is 4.10. The Kier molecular flexibility index (Phi) is 2.19. The Morgan fingerprint density at radius 2 is 2.38 bits per heavy atom. The number of nitrogens with one attached hydrogen (secondary N) is 1. The molecule has 1 aliphatic rings. The van der Waals surface area contributed by atoms with E-state index in [1.807, 2.05) is 19.3 Å². The molecule has 3 N–H and O–H groups in total. The maximum Gasteiger partial charge on any atom is 0.0393 e. The molecule has 1 unspecified atom stereocenters. The molecule has 0 aliphatic heterocycles. The molecular formula is C10H15N3. The van der Waals surface area contributed by atoms with Gasteiger partial charge < -0.3 is 11.1 Å². The van der Waals surface area contributed by atoms with E-state index in [1.165, 1.54) is 12.8 Å². The number of nitrogen functional groups attached to an aromatic ring is 1. The van der Waals surface area contributed by atoms with Crippen molar-refractivity contribution in [3.8, 4) is 0 Å². The Morgan fingerprint density at radius 3 is 2.92 bits per heavy atom. The molecule has 0 amide bonds. The first kappa shape index (κ1) is 8.51. The molecule has 1 atom stereocenters. The number of aromatic nitrogens is 1. The number of rotatable bonds is 3. The molecule has 0 spiro atoms. The summed E-state index contributed by atoms with van der Waals surface area (Å²) >= 11 is 0. The van der Waals surface area contributed by atoms with Crippen molar-refractivity contribution < 1.29 is 0 Å². The van der Waals surface area contributed by atoms with Crippen molar-refractivity contribution in [2.45, 2.75) is 18.9 Å². The van der Waals surface area contributed by atoms with Crippen molar-refractivity contribution in [2.24, 2.45) is 5.92 Å². The quantitative estimate of drug-likeness (QED) is 0.732. The summed E-state index contributed by atoms with van der Waals surface area (Å²) in [5.74, 6) is 0.761. The zero-order valence-electron chi connectivity index (χ0n) is 7.83. The summed E-state index contributed by atoms with van der Waals surface area (Å²) in [5, 5.41) is 3.30. The van der Waals surface area contributed by atoms with Gasteiger partial charge in [0.05, 0.1) is 0 Å². The summed E-state index contributed by atoms with van der Waals surface area (Å²) in [6.45, 7) is 0. The summed E-state index contributed by atoms with van der Waals surface area (Å²) < 4.78 is 0. The standard InChI is InChI=1S/C10H15N3/c1-12-10(7-2-3-7)8-6-13-5-4-9(8)11/h4-7,10,12H,2-3H2,1H3,(H2,11,13). The lowest BCUT2D eigenvalue weighted by molar-refractivity contribution is 0.529. The molecule has 0 aromatic carbocycles. The molecule has 13 heavy (non-hydrogen) atoms. The summed E-state index contributed by atoms with van der Waals surface area (Å²) in [7, 11) is 1.98. The first-order chi connectivity index (χ1) is 6.33. The monoisotopic (exact) mass is 177 g/mol. The van der Waals surface area contributed by atoms with E-state index in [-0.39, 0.29) is 0 Å². The van der Waals surface area contributed by atoms with Gasteiger partial charge in [-0.2, -0.15) is 0 Å². The SMILES string of the molecule is CNC(c1cnccc1N)C1CC1. The van der Waals surface area contributed by atoms with Crippen molar-refractivity contribution in [1.82, 2.24) is 10.3 Å². The first-order valence-electron chi connectivity index (χ1n) is 4.69. The van der Waals surface area contributed by atoms with Crippen molar-refractivity contribution in [2.75, 3.05) is 12.8 Å². The molecule has 2 rings (SSSR count). The Balaban J connectivity index is 2.26. The van der Waals surface area contributed by atoms with E-state index in [0.717, 1.165) is 17.2 Å². The van der Waals surface area contributed by atoms with Crippen LogP contribution in [0.5, 0.6) is 0 Å². The normalized spacial score (nSPS) is 18.5. The highest BCUT2D eigenvalue weighted by Gasteiger charge is 2.32. The van der Waals surface area contributed by atoms with Crippen LogP contribution in [0.3, 0.4) is 0 Å². The topological polar surface area (TPSA) is 50.9 Å². The van der Waals surface area contributed by atoms with E-state index in [9.17, 15) is 0 Å². The summed E-state index contributed by atoms with van der Waals surface area (Å²) in [6.07, 6.45) is 6.22. The van der Waals surface area contributed by atoms with Gasteiger partial charge in [0.15, 0.2) is 0 Å². The third-order valence-corrected chi connectivity index (χ3v) is 2.63. The number of nitrogens with zero attached hydrogens (tertiary/aromatic N) is 1. The van der Waals surface area contributed by atoms with E-state index >= 15 is 0 Å². The van der Waals surface area contributed by atoms with Crippen LogP contribution in [0.1, 0.15) is 24.4 Å². The lowest BCUT2D eigenvalue weighted by atomic mass is 10.0. The van der Waals surface area contributed by atoms with E-state index in [2.05, 4.69) is 10.3 Å². The molecule has 1 heterocycles. The van der Waals surface area contributed by atoms with E-state index in [4.69, 9.17) is 5.73 Å². The van der Waals surface area contributed by atoms with Gasteiger partial charge in [0, 0.05) is 29.7 Å². The van der Waals surface area contributed by atoms with Gasteiger partial charge in [0.2, 0.25) is 0 Å². The third kappa shape index (κ3) is 1.65. The van der Waals surface area contributed by atoms with Gasteiger partial charge in [0.25, 0.3) is 0 Å². The predicted molar refractivity (Wildman–Crippen MR) is 53.2 cm³/mol. The largest absolute Gasteiger partial charge is 0.398 e. The number of hydrogen-bond donors (Lipinski definition) is 2. The van der Waals surface area contributed by atoms with E-state index in [1.54, 1.807) is 6.20 Å². The first-order valence-corrected chi connectivity index (χ1v) is 4.69. The smallest absolute Gasteiger partial charge is 0.0393 e. The highest BCUT2D eigenvalue weighted by molar-refractivity contribution is 5.46. The van der Waals surface area contributed by atoms with Gasteiger partial charge >= 0.3 is 0 Å². The second-order valence-corrected chi connectivity index (χ2v) is 3.61. The predicted octanol–water partition coefficient (Wildman–Crippen LogP) is 1.33. The van der Waals surface area contributed by atoms with E-state index < -0.39 is 0 Å². The average molecular weight is 177 g/mol. The van der Waals surface area contributed by atoms with Crippen LogP contribution >= 0.6 is 0 Å². The van der Waals surface area contributed by atoms with Crippen molar-refractivity contribution >= 4 is 5.69 Å². The van der Waals surface area contributed by atoms with Crippen LogP contribution in [0.2, 0.25) is 0 Å². The Bertz CT molecular complexity index is 294. The van der Waals surface area contributed by atoms with Gasteiger partial charge in [-0.05, 0) is 31.9 Å². The Labute approximate surface area is 78.4 Å². The molecule has 3 nitrogen and oxygen atoms in total. The van der Waals surface area contributed by atoms with Gasteiger partial charge in [-0.3, -0.25) is 4.98 Å². The van der Waals surface area contributed by atoms with Crippen LogP contribution in [-0.4, -0.2) is 12.0 Å². The molecule has 1 saturated carbocycles. The second-order valence-electron chi connectivity index (χ2n) is 3.61. The van der Waals surface area contributed by atoms with Crippen LogP contribution < -0.4 is 11.1 Å². The van der Waals surface area contributed by atoms with Gasteiger partial charge in [-0.15, -0.1) is 0 Å². The van der Waals surface area contributed by atoms with Gasteiger partial charge in [0.1, 0.15) is 0 Å². The minimum Gasteiger partial charge on any atom is -0.398 e. The number of hydrogen-bond acceptors (Lipinski definition) is 3. The zero-order chi connectivity index (χ0) is 9.26. The molecule has 1 fully saturated rings. The fourth-order valence-electron chi connectivity index (χ4n) is 1.75. The fraction of sp³-hybridized carbons (Fsp3) is 0.500. The molecule has 0 saturated heterocycles. The third-order valence-electron chi connectivity index (χ3n) is 2.63. The fourth-order valence-corrected chi connectivity index (χ4v) is 1.75. The minimum absolute atomic E-state index is 0.397. The van der Waals surface area contributed by atoms with Crippen molar-refractivity contribution in [1.29, 1.82) is 0 Å². The maximum absolute atomic E-state index is 5.88.